The standard InChI is InChI=1S/C42H70O12/c1-21(2)10-9-11-22(3)23-12-16-42(8)30(23)24(45)18-28-40(6)15-14-29(39(4,5)27(40)13-17-41(28,42)7)53-38-36(34(49)32(47)26(20-44)52-38)54-37-35(50)33(48)31(46)25(19-43)51-37/h10-11,23-38,43-50H,9,12-20H2,1-8H3/b22-11+. The van der Waals surface area contributed by atoms with Gasteiger partial charge in [0.15, 0.2) is 12.6 Å². The first-order chi connectivity index (χ1) is 25.3. The van der Waals surface area contributed by atoms with Crippen molar-refractivity contribution in [3.05, 3.63) is 23.3 Å². The molecule has 0 aromatic rings. The van der Waals surface area contributed by atoms with Gasteiger partial charge in [-0.2, -0.15) is 0 Å². The lowest BCUT2D eigenvalue weighted by atomic mass is 9.35. The molecule has 2 heterocycles. The fourth-order valence-electron chi connectivity index (χ4n) is 12.9. The third-order valence-electron chi connectivity index (χ3n) is 16.1. The van der Waals surface area contributed by atoms with E-state index >= 15 is 0 Å². The summed E-state index contributed by atoms with van der Waals surface area (Å²) in [5, 5.41) is 85.4. The quantitative estimate of drug-likeness (QED) is 0.126. The minimum absolute atomic E-state index is 0.00171. The fourth-order valence-corrected chi connectivity index (χ4v) is 12.9. The predicted molar refractivity (Wildman–Crippen MR) is 199 cm³/mol. The van der Waals surface area contributed by atoms with Crippen LogP contribution in [0.4, 0.5) is 0 Å². The molecule has 6 rings (SSSR count). The Hall–Kier alpha value is -1.00. The van der Waals surface area contributed by atoms with E-state index in [0.717, 1.165) is 44.9 Å². The molecule has 54 heavy (non-hydrogen) atoms. The number of fused-ring (bicyclic) bond motifs is 5. The van der Waals surface area contributed by atoms with E-state index in [1.807, 2.05) is 0 Å². The van der Waals surface area contributed by atoms with Crippen molar-refractivity contribution in [3.63, 3.8) is 0 Å². The summed E-state index contributed by atoms with van der Waals surface area (Å²) < 4.78 is 24.4. The Morgan fingerprint density at radius 3 is 1.91 bits per heavy atom. The Labute approximate surface area is 321 Å². The summed E-state index contributed by atoms with van der Waals surface area (Å²) in [6.45, 7) is 17.1. The molecule has 0 amide bonds. The summed E-state index contributed by atoms with van der Waals surface area (Å²) in [4.78, 5) is 0. The molecule has 6 fully saturated rings. The molecule has 19 unspecified atom stereocenters. The van der Waals surface area contributed by atoms with Crippen molar-refractivity contribution in [2.45, 2.75) is 180 Å². The minimum Gasteiger partial charge on any atom is -0.394 e. The largest absolute Gasteiger partial charge is 0.394 e. The summed E-state index contributed by atoms with van der Waals surface area (Å²) in [5.41, 5.74) is 2.29. The van der Waals surface area contributed by atoms with Gasteiger partial charge in [-0.1, -0.05) is 57.9 Å². The molecule has 0 radical (unpaired) electrons. The Kier molecular flexibility index (Phi) is 12.3. The van der Waals surface area contributed by atoms with Gasteiger partial charge in [0, 0.05) is 0 Å². The number of allylic oxidation sites excluding steroid dienone is 4. The van der Waals surface area contributed by atoms with Gasteiger partial charge in [-0.25, -0.2) is 0 Å². The van der Waals surface area contributed by atoms with E-state index in [1.54, 1.807) is 0 Å². The van der Waals surface area contributed by atoms with Crippen LogP contribution in [0.15, 0.2) is 23.3 Å². The van der Waals surface area contributed by atoms with Crippen molar-refractivity contribution in [2.24, 2.45) is 45.3 Å². The molecule has 2 saturated heterocycles. The molecule has 12 heteroatoms. The molecular weight excluding hydrogens is 696 g/mol. The average Bonchev–Trinajstić information content (AvgIpc) is 3.49. The van der Waals surface area contributed by atoms with E-state index in [2.05, 4.69) is 67.5 Å². The Morgan fingerprint density at radius 1 is 0.667 bits per heavy atom. The highest BCUT2D eigenvalue weighted by Crippen LogP contribution is 2.75. The summed E-state index contributed by atoms with van der Waals surface area (Å²) in [6, 6.07) is 0. The van der Waals surface area contributed by atoms with Crippen LogP contribution in [0.5, 0.6) is 0 Å². The van der Waals surface area contributed by atoms with Crippen molar-refractivity contribution in [3.8, 4) is 0 Å². The second kappa shape index (κ2) is 15.6. The van der Waals surface area contributed by atoms with Gasteiger partial charge < -0.3 is 59.8 Å². The van der Waals surface area contributed by atoms with E-state index in [4.69, 9.17) is 18.9 Å². The highest BCUT2D eigenvalue weighted by atomic mass is 16.8. The molecular formula is C42H70O12. The third-order valence-corrected chi connectivity index (χ3v) is 16.1. The first-order valence-electron chi connectivity index (χ1n) is 20.5. The third kappa shape index (κ3) is 6.89. The van der Waals surface area contributed by atoms with Gasteiger partial charge in [-0.3, -0.25) is 0 Å². The van der Waals surface area contributed by atoms with Crippen LogP contribution in [0.25, 0.3) is 0 Å². The molecule has 4 saturated carbocycles. The van der Waals surface area contributed by atoms with Gasteiger partial charge in [-0.05, 0) is 117 Å². The maximum atomic E-state index is 12.1. The van der Waals surface area contributed by atoms with Gasteiger partial charge in [0.2, 0.25) is 0 Å². The molecule has 0 bridgehead atoms. The zero-order chi connectivity index (χ0) is 39.7. The lowest BCUT2D eigenvalue weighted by Crippen LogP contribution is -2.67. The van der Waals surface area contributed by atoms with Gasteiger partial charge in [0.05, 0.1) is 25.4 Å². The SMILES string of the molecule is CC(C)=CC/C=C(\C)C1CCC2(C)C1C(O)CC1C3(C)CCC(OC4OC(CO)C(O)C(O)C4OC4OC(CO)C(O)C(O)C4O)C(C)(C)C3CCC12C. The van der Waals surface area contributed by atoms with E-state index in [9.17, 15) is 40.9 Å². The first-order valence-corrected chi connectivity index (χ1v) is 20.5. The lowest BCUT2D eigenvalue weighted by molar-refractivity contribution is -0.378. The van der Waals surface area contributed by atoms with Crippen LogP contribution in [0.2, 0.25) is 0 Å². The molecule has 0 aromatic carbocycles. The van der Waals surface area contributed by atoms with Gasteiger partial charge in [-0.15, -0.1) is 0 Å². The maximum Gasteiger partial charge on any atom is 0.187 e. The van der Waals surface area contributed by atoms with Crippen molar-refractivity contribution in [1.82, 2.24) is 0 Å². The molecule has 2 aliphatic heterocycles. The van der Waals surface area contributed by atoms with Crippen LogP contribution >= 0.6 is 0 Å². The summed E-state index contributed by atoms with van der Waals surface area (Å²) in [5.74, 6) is 1.14. The normalized spacial score (nSPS) is 51.9. The molecule has 6 aliphatic rings. The highest BCUT2D eigenvalue weighted by Gasteiger charge is 2.70. The van der Waals surface area contributed by atoms with E-state index in [0.29, 0.717) is 18.3 Å². The monoisotopic (exact) mass is 766 g/mol. The van der Waals surface area contributed by atoms with E-state index in [1.165, 1.54) is 11.1 Å². The molecule has 8 N–H and O–H groups in total. The Balaban J connectivity index is 1.23. The molecule has 0 spiro atoms. The smallest absolute Gasteiger partial charge is 0.187 e. The van der Waals surface area contributed by atoms with Crippen LogP contribution in [-0.4, -0.2) is 128 Å². The molecule has 19 atom stereocenters. The summed E-state index contributed by atoms with van der Waals surface area (Å²) in [7, 11) is 0. The topological polar surface area (TPSA) is 199 Å². The van der Waals surface area contributed by atoms with E-state index in [-0.39, 0.29) is 40.3 Å². The maximum absolute atomic E-state index is 12.1. The van der Waals surface area contributed by atoms with Crippen molar-refractivity contribution >= 4 is 0 Å². The molecule has 12 nitrogen and oxygen atoms in total. The number of ether oxygens (including phenoxy) is 4. The number of aliphatic hydroxyl groups excluding tert-OH is 8. The summed E-state index contributed by atoms with van der Waals surface area (Å²) >= 11 is 0. The van der Waals surface area contributed by atoms with Crippen LogP contribution < -0.4 is 0 Å². The predicted octanol–water partition coefficient (Wildman–Crippen LogP) is 2.95. The minimum atomic E-state index is -1.74. The highest BCUT2D eigenvalue weighted by molar-refractivity contribution is 5.23. The second-order valence-electron chi connectivity index (χ2n) is 19.4. The Morgan fingerprint density at radius 2 is 1.28 bits per heavy atom. The number of hydrogen-bond donors (Lipinski definition) is 8. The molecule has 0 aromatic heterocycles. The van der Waals surface area contributed by atoms with E-state index < -0.39 is 80.0 Å². The molecule has 310 valence electrons. The van der Waals surface area contributed by atoms with Crippen molar-refractivity contribution < 1.29 is 59.8 Å². The second-order valence-corrected chi connectivity index (χ2v) is 19.4. The lowest BCUT2D eigenvalue weighted by Gasteiger charge is -2.70. The van der Waals surface area contributed by atoms with Gasteiger partial charge in [0.25, 0.3) is 0 Å². The zero-order valence-corrected chi connectivity index (χ0v) is 33.7. The van der Waals surface area contributed by atoms with Gasteiger partial charge in [0.1, 0.15) is 48.8 Å². The fraction of sp³-hybridized carbons (Fsp3) is 0.905. The summed E-state index contributed by atoms with van der Waals surface area (Å²) in [6.07, 6.45) is -3.65. The number of hydrogen-bond acceptors (Lipinski definition) is 12. The van der Waals surface area contributed by atoms with Gasteiger partial charge >= 0.3 is 0 Å². The van der Waals surface area contributed by atoms with Crippen LogP contribution in [-0.2, 0) is 18.9 Å². The first kappa shape index (κ1) is 42.6. The molecule has 4 aliphatic carbocycles. The van der Waals surface area contributed by atoms with Crippen LogP contribution in [0.3, 0.4) is 0 Å². The van der Waals surface area contributed by atoms with Crippen LogP contribution in [0, 0.1) is 45.3 Å². The van der Waals surface area contributed by atoms with Crippen LogP contribution in [0.1, 0.15) is 107 Å². The van der Waals surface area contributed by atoms with Crippen molar-refractivity contribution in [2.75, 3.05) is 13.2 Å². The number of rotatable bonds is 9. The zero-order valence-electron chi connectivity index (χ0n) is 33.7. The Bertz CT molecular complexity index is 1380. The van der Waals surface area contributed by atoms with Crippen molar-refractivity contribution in [1.29, 1.82) is 0 Å². The average molecular weight is 767 g/mol. The number of aliphatic hydroxyl groups is 8.